The number of benzene rings is 4. The highest BCUT2D eigenvalue weighted by Crippen LogP contribution is 2.36. The van der Waals surface area contributed by atoms with Gasteiger partial charge in [-0.2, -0.15) is 0 Å². The Morgan fingerprint density at radius 3 is 2.17 bits per heavy atom. The first-order valence-electron chi connectivity index (χ1n) is 15.5. The normalized spacial score (nSPS) is 16.9. The van der Waals surface area contributed by atoms with Crippen molar-refractivity contribution in [2.24, 2.45) is 5.92 Å². The van der Waals surface area contributed by atoms with Gasteiger partial charge in [0.1, 0.15) is 0 Å². The second-order valence-electron chi connectivity index (χ2n) is 12.0. The molecule has 2 aliphatic heterocycles. The van der Waals surface area contributed by atoms with Gasteiger partial charge in [0.2, 0.25) is 5.91 Å². The molecule has 46 heavy (non-hydrogen) atoms. The van der Waals surface area contributed by atoms with Gasteiger partial charge in [-0.05, 0) is 67.6 Å². The molecule has 1 unspecified atom stereocenters. The average Bonchev–Trinajstić information content (AvgIpc) is 3.18. The van der Waals surface area contributed by atoms with E-state index in [0.717, 1.165) is 29.8 Å². The van der Waals surface area contributed by atoms with Gasteiger partial charge < -0.3 is 20.0 Å². The number of fused-ring (bicyclic) bond motifs is 1. The number of anilines is 3. The number of imide groups is 1. The van der Waals surface area contributed by atoms with Gasteiger partial charge in [0, 0.05) is 49.5 Å². The number of nitrogens with one attached hydrogen (secondary N) is 1. The van der Waals surface area contributed by atoms with Crippen molar-refractivity contribution in [2.45, 2.75) is 13.8 Å². The summed E-state index contributed by atoms with van der Waals surface area (Å²) in [6.45, 7) is 6.39. The molecule has 1 N–H and O–H groups in total. The first kappa shape index (κ1) is 30.7. The minimum atomic E-state index is -0.611. The summed E-state index contributed by atoms with van der Waals surface area (Å²) in [4.78, 5) is 61.3. The van der Waals surface area contributed by atoms with Crippen LogP contribution in [0.25, 0.3) is 11.1 Å². The SMILES string of the molecule is Cc1cccc(-c2ccccc2C(=O)Nc2ccc(C(=O)N3CC(C)C(=O)N(C(=O)N4CCN(C)CC4)c4ccccc43)cc2)c1. The van der Waals surface area contributed by atoms with Gasteiger partial charge in [-0.3, -0.25) is 14.4 Å². The molecule has 9 nitrogen and oxygen atoms in total. The Kier molecular flexibility index (Phi) is 8.68. The molecule has 6 rings (SSSR count). The Balaban J connectivity index is 1.23. The molecule has 4 aromatic rings. The minimum Gasteiger partial charge on any atom is -0.322 e. The first-order chi connectivity index (χ1) is 22.2. The van der Waals surface area contributed by atoms with Gasteiger partial charge in [0.05, 0.1) is 17.3 Å². The Labute approximate surface area is 269 Å². The maximum Gasteiger partial charge on any atom is 0.331 e. The van der Waals surface area contributed by atoms with Gasteiger partial charge in [-0.1, -0.05) is 67.1 Å². The number of carbonyl (C=O) groups is 4. The molecule has 1 atom stereocenters. The van der Waals surface area contributed by atoms with E-state index in [-0.39, 0.29) is 30.3 Å². The molecule has 9 heteroatoms. The van der Waals surface area contributed by atoms with Gasteiger partial charge in [-0.25, -0.2) is 9.69 Å². The number of nitrogens with zero attached hydrogens (tertiary/aromatic N) is 4. The zero-order valence-corrected chi connectivity index (χ0v) is 26.3. The lowest BCUT2D eigenvalue weighted by Crippen LogP contribution is -2.54. The number of para-hydroxylation sites is 2. The van der Waals surface area contributed by atoms with Crippen LogP contribution in [0.4, 0.5) is 21.9 Å². The average molecular weight is 616 g/mol. The van der Waals surface area contributed by atoms with Crippen LogP contribution in [0.3, 0.4) is 0 Å². The van der Waals surface area contributed by atoms with Crippen LogP contribution in [-0.2, 0) is 4.79 Å². The molecule has 234 valence electrons. The summed E-state index contributed by atoms with van der Waals surface area (Å²) in [6, 6.07) is 28.9. The Hall–Kier alpha value is -5.28. The highest BCUT2D eigenvalue weighted by Gasteiger charge is 2.39. The largest absolute Gasteiger partial charge is 0.331 e. The molecule has 0 aliphatic carbocycles. The second kappa shape index (κ2) is 13.0. The van der Waals surface area contributed by atoms with E-state index in [4.69, 9.17) is 0 Å². The predicted octanol–water partition coefficient (Wildman–Crippen LogP) is 5.91. The van der Waals surface area contributed by atoms with E-state index in [9.17, 15) is 19.2 Å². The molecule has 0 spiro atoms. The fraction of sp³-hybridized carbons (Fsp3) is 0.243. The summed E-state index contributed by atoms with van der Waals surface area (Å²) < 4.78 is 0. The smallest absolute Gasteiger partial charge is 0.322 e. The Morgan fingerprint density at radius 2 is 1.46 bits per heavy atom. The topological polar surface area (TPSA) is 93.3 Å². The molecule has 5 amide bonds. The third-order valence-electron chi connectivity index (χ3n) is 8.61. The number of amides is 5. The van der Waals surface area contributed by atoms with Crippen LogP contribution in [0.2, 0.25) is 0 Å². The summed E-state index contributed by atoms with van der Waals surface area (Å²) in [7, 11) is 2.01. The number of likely N-dealkylation sites (N-methyl/N-ethyl adjacent to an activating group) is 1. The number of urea groups is 1. The molecule has 0 bridgehead atoms. The first-order valence-corrected chi connectivity index (χ1v) is 15.5. The van der Waals surface area contributed by atoms with Crippen LogP contribution in [-0.4, -0.2) is 73.3 Å². The highest BCUT2D eigenvalue weighted by molar-refractivity contribution is 6.20. The standard InChI is InChI=1S/C37H37N5O4/c1-25-9-8-10-28(23-25)30-11-4-5-12-31(30)34(43)38-29-17-15-27(16-18-29)36(45)41-24-26(2)35(44)42(33-14-7-6-13-32(33)41)37(46)40-21-19-39(3)20-22-40/h4-18,23,26H,19-22,24H2,1-3H3,(H,38,43). The van der Waals surface area contributed by atoms with E-state index < -0.39 is 5.92 Å². The maximum absolute atomic E-state index is 14.0. The highest BCUT2D eigenvalue weighted by atomic mass is 16.2. The fourth-order valence-electron chi connectivity index (χ4n) is 6.00. The van der Waals surface area contributed by atoms with Crippen molar-refractivity contribution < 1.29 is 19.2 Å². The number of aryl methyl sites for hydroxylation is 1. The molecule has 2 aliphatic rings. The van der Waals surface area contributed by atoms with Crippen molar-refractivity contribution in [3.05, 3.63) is 114 Å². The van der Waals surface area contributed by atoms with Crippen molar-refractivity contribution in [3.8, 4) is 11.1 Å². The molecule has 1 saturated heterocycles. The van der Waals surface area contributed by atoms with E-state index in [2.05, 4.69) is 10.2 Å². The molecule has 0 radical (unpaired) electrons. The Morgan fingerprint density at radius 1 is 0.783 bits per heavy atom. The van der Waals surface area contributed by atoms with Crippen LogP contribution < -0.4 is 15.1 Å². The van der Waals surface area contributed by atoms with Gasteiger partial charge in [0.15, 0.2) is 0 Å². The summed E-state index contributed by atoms with van der Waals surface area (Å²) in [5, 5.41) is 2.96. The number of hydrogen-bond donors (Lipinski definition) is 1. The van der Waals surface area contributed by atoms with Gasteiger partial charge in [0.25, 0.3) is 11.8 Å². The van der Waals surface area contributed by atoms with E-state index in [1.807, 2.05) is 56.4 Å². The van der Waals surface area contributed by atoms with Gasteiger partial charge in [-0.15, -0.1) is 0 Å². The van der Waals surface area contributed by atoms with E-state index >= 15 is 0 Å². The van der Waals surface area contributed by atoms with E-state index in [1.54, 1.807) is 71.3 Å². The Bertz CT molecular complexity index is 1800. The van der Waals surface area contributed by atoms with Crippen molar-refractivity contribution in [1.82, 2.24) is 9.80 Å². The quantitative estimate of drug-likeness (QED) is 0.308. The molecule has 0 aromatic heterocycles. The lowest BCUT2D eigenvalue weighted by molar-refractivity contribution is -0.120. The number of piperazine rings is 1. The van der Waals surface area contributed by atoms with E-state index in [1.165, 1.54) is 4.90 Å². The second-order valence-corrected chi connectivity index (χ2v) is 12.0. The zero-order chi connectivity index (χ0) is 32.4. The lowest BCUT2D eigenvalue weighted by atomic mass is 9.98. The van der Waals surface area contributed by atoms with Crippen LogP contribution in [0, 0.1) is 12.8 Å². The van der Waals surface area contributed by atoms with Crippen LogP contribution in [0.5, 0.6) is 0 Å². The summed E-state index contributed by atoms with van der Waals surface area (Å²) in [6.07, 6.45) is 0. The predicted molar refractivity (Wildman–Crippen MR) is 180 cm³/mol. The van der Waals surface area contributed by atoms with Crippen LogP contribution in [0.15, 0.2) is 97.1 Å². The van der Waals surface area contributed by atoms with Crippen molar-refractivity contribution >= 4 is 40.8 Å². The third-order valence-corrected chi connectivity index (χ3v) is 8.61. The molecule has 2 heterocycles. The molecular formula is C37H37N5O4. The van der Waals surface area contributed by atoms with Crippen molar-refractivity contribution in [1.29, 1.82) is 0 Å². The number of hydrogen-bond acceptors (Lipinski definition) is 5. The summed E-state index contributed by atoms with van der Waals surface area (Å²) >= 11 is 0. The van der Waals surface area contributed by atoms with Gasteiger partial charge >= 0.3 is 6.03 Å². The van der Waals surface area contributed by atoms with Crippen LogP contribution in [0.1, 0.15) is 33.2 Å². The van der Waals surface area contributed by atoms with E-state index in [0.29, 0.717) is 41.3 Å². The molecule has 1 fully saturated rings. The number of carbonyl (C=O) groups excluding carboxylic acids is 4. The minimum absolute atomic E-state index is 0.120. The van der Waals surface area contributed by atoms with Crippen LogP contribution >= 0.6 is 0 Å². The summed E-state index contributed by atoms with van der Waals surface area (Å²) in [5.74, 6) is -1.51. The number of rotatable bonds is 4. The van der Waals surface area contributed by atoms with Crippen molar-refractivity contribution in [2.75, 3.05) is 54.9 Å². The summed E-state index contributed by atoms with van der Waals surface area (Å²) in [5.41, 5.74) is 5.27. The monoisotopic (exact) mass is 615 g/mol. The maximum atomic E-state index is 14.0. The zero-order valence-electron chi connectivity index (χ0n) is 26.3. The van der Waals surface area contributed by atoms with Crippen molar-refractivity contribution in [3.63, 3.8) is 0 Å². The molecule has 0 saturated carbocycles. The molecular weight excluding hydrogens is 578 g/mol. The molecule has 4 aromatic carbocycles. The fourth-order valence-corrected chi connectivity index (χ4v) is 6.00. The third kappa shape index (κ3) is 6.14. The lowest BCUT2D eigenvalue weighted by Gasteiger charge is -2.35.